The van der Waals surface area contributed by atoms with Crippen LogP contribution in [0.1, 0.15) is 11.3 Å². The highest BCUT2D eigenvalue weighted by atomic mass is 32.1. The van der Waals surface area contributed by atoms with Gasteiger partial charge in [-0.1, -0.05) is 36.4 Å². The number of carbonyl (C=O) groups excluding carboxylic acids is 1. The molecule has 2 aromatic carbocycles. The quantitative estimate of drug-likeness (QED) is 0.406. The van der Waals surface area contributed by atoms with Crippen molar-refractivity contribution in [3.8, 4) is 27.9 Å². The van der Waals surface area contributed by atoms with E-state index in [9.17, 15) is 4.79 Å². The van der Waals surface area contributed by atoms with Gasteiger partial charge in [-0.15, -0.1) is 11.3 Å². The molecule has 0 atom stereocenters. The summed E-state index contributed by atoms with van der Waals surface area (Å²) in [5.74, 6) is 1.51. The van der Waals surface area contributed by atoms with Crippen LogP contribution in [-0.4, -0.2) is 34.9 Å². The zero-order valence-corrected chi connectivity index (χ0v) is 18.7. The lowest BCUT2D eigenvalue weighted by Crippen LogP contribution is -2.12. The van der Waals surface area contributed by atoms with Crippen LogP contribution >= 0.6 is 11.3 Å². The first-order valence-corrected chi connectivity index (χ1v) is 10.7. The molecule has 0 saturated carbocycles. The van der Waals surface area contributed by atoms with E-state index in [-0.39, 0.29) is 5.91 Å². The predicted molar refractivity (Wildman–Crippen MR) is 127 cm³/mol. The highest BCUT2D eigenvalue weighted by Crippen LogP contribution is 2.28. The van der Waals surface area contributed by atoms with Crippen LogP contribution < -0.4 is 14.8 Å². The molecule has 0 aliphatic rings. The van der Waals surface area contributed by atoms with Crippen LogP contribution in [0, 0.1) is 6.92 Å². The maximum absolute atomic E-state index is 12.6. The molecule has 0 bridgehead atoms. The van der Waals surface area contributed by atoms with Crippen LogP contribution in [0.15, 0.2) is 66.1 Å². The van der Waals surface area contributed by atoms with Gasteiger partial charge in [-0.25, -0.2) is 4.98 Å². The van der Waals surface area contributed by atoms with Crippen molar-refractivity contribution in [2.75, 3.05) is 19.5 Å². The van der Waals surface area contributed by atoms with Crippen molar-refractivity contribution in [3.05, 3.63) is 77.3 Å². The van der Waals surface area contributed by atoms with E-state index in [1.165, 1.54) is 17.4 Å². The average molecular weight is 447 g/mol. The van der Waals surface area contributed by atoms with Gasteiger partial charge in [0.25, 0.3) is 0 Å². The van der Waals surface area contributed by atoms with Crippen molar-refractivity contribution in [1.82, 2.24) is 14.8 Å². The second kappa shape index (κ2) is 9.49. The van der Waals surface area contributed by atoms with Gasteiger partial charge in [-0.05, 0) is 30.7 Å². The maximum Gasteiger partial charge on any atom is 0.249 e. The Kier molecular flexibility index (Phi) is 6.32. The van der Waals surface area contributed by atoms with E-state index in [2.05, 4.69) is 15.4 Å². The molecule has 0 aliphatic heterocycles. The number of anilines is 1. The zero-order valence-electron chi connectivity index (χ0n) is 17.9. The topological polar surface area (TPSA) is 78.3 Å². The Morgan fingerprint density at radius 1 is 1.06 bits per heavy atom. The molecule has 2 aromatic heterocycles. The predicted octanol–water partition coefficient (Wildman–Crippen LogP) is 4.97. The average Bonchev–Trinajstić information content (AvgIpc) is 3.44. The standard InChI is InChI=1S/C24H22N4O3S/c1-16-13-22(26-23(29)12-10-17-9-11-20(30-2)21(14-17)31-3)28(27-16)24-25-19(15-32-24)18-7-5-4-6-8-18/h4-15H,1-3H3,(H,26,29)/b12-10+. The third kappa shape index (κ3) is 4.70. The number of aromatic nitrogens is 3. The van der Waals surface area contributed by atoms with Crippen molar-refractivity contribution >= 4 is 29.1 Å². The summed E-state index contributed by atoms with van der Waals surface area (Å²) in [6, 6.07) is 17.2. The summed E-state index contributed by atoms with van der Waals surface area (Å²) in [5, 5.41) is 10.0. The molecule has 0 fully saturated rings. The first-order valence-electron chi connectivity index (χ1n) is 9.86. The number of methoxy groups -OCH3 is 2. The van der Waals surface area contributed by atoms with E-state index in [0.717, 1.165) is 22.5 Å². The lowest BCUT2D eigenvalue weighted by atomic mass is 10.2. The van der Waals surface area contributed by atoms with E-state index in [4.69, 9.17) is 9.47 Å². The van der Waals surface area contributed by atoms with Crippen molar-refractivity contribution in [2.24, 2.45) is 0 Å². The molecule has 7 nitrogen and oxygen atoms in total. The lowest BCUT2D eigenvalue weighted by Gasteiger charge is -2.07. The third-order valence-electron chi connectivity index (χ3n) is 4.66. The van der Waals surface area contributed by atoms with E-state index in [0.29, 0.717) is 22.4 Å². The van der Waals surface area contributed by atoms with Gasteiger partial charge in [-0.2, -0.15) is 9.78 Å². The van der Waals surface area contributed by atoms with Gasteiger partial charge in [-0.3, -0.25) is 4.79 Å². The number of carbonyl (C=O) groups is 1. The van der Waals surface area contributed by atoms with Crippen molar-refractivity contribution in [2.45, 2.75) is 6.92 Å². The van der Waals surface area contributed by atoms with Gasteiger partial charge in [0.05, 0.1) is 25.6 Å². The number of ether oxygens (including phenoxy) is 2. The van der Waals surface area contributed by atoms with Crippen LogP contribution in [-0.2, 0) is 4.79 Å². The fraction of sp³-hybridized carbons (Fsp3) is 0.125. The number of hydrogen-bond acceptors (Lipinski definition) is 6. The second-order valence-electron chi connectivity index (χ2n) is 6.90. The molecule has 0 spiro atoms. The number of hydrogen-bond donors (Lipinski definition) is 1. The molecule has 4 aromatic rings. The Bertz CT molecular complexity index is 1260. The lowest BCUT2D eigenvalue weighted by molar-refractivity contribution is -0.111. The van der Waals surface area contributed by atoms with Crippen LogP contribution in [0.25, 0.3) is 22.5 Å². The molecule has 0 aliphatic carbocycles. The normalized spacial score (nSPS) is 11.0. The number of rotatable bonds is 7. The Balaban J connectivity index is 1.52. The van der Waals surface area contributed by atoms with Crippen LogP contribution in [0.2, 0.25) is 0 Å². The number of thiazole rings is 1. The Hall–Kier alpha value is -3.91. The maximum atomic E-state index is 12.6. The largest absolute Gasteiger partial charge is 0.493 e. The van der Waals surface area contributed by atoms with Gasteiger partial charge in [0.1, 0.15) is 5.82 Å². The Labute approximate surface area is 190 Å². The molecule has 4 rings (SSSR count). The van der Waals surface area contributed by atoms with Gasteiger partial charge in [0, 0.05) is 23.1 Å². The number of aryl methyl sites for hydroxylation is 1. The van der Waals surface area contributed by atoms with Gasteiger partial charge >= 0.3 is 0 Å². The van der Waals surface area contributed by atoms with E-state index < -0.39 is 0 Å². The van der Waals surface area contributed by atoms with Gasteiger partial charge in [0.15, 0.2) is 11.5 Å². The third-order valence-corrected chi connectivity index (χ3v) is 5.48. The Morgan fingerprint density at radius 2 is 1.84 bits per heavy atom. The van der Waals surface area contributed by atoms with Crippen LogP contribution in [0.4, 0.5) is 5.82 Å². The number of benzene rings is 2. The summed E-state index contributed by atoms with van der Waals surface area (Å²) in [5.41, 5.74) is 3.49. The molecule has 0 unspecified atom stereocenters. The number of amides is 1. The zero-order chi connectivity index (χ0) is 22.5. The van der Waals surface area contributed by atoms with Crippen molar-refractivity contribution < 1.29 is 14.3 Å². The molecule has 32 heavy (non-hydrogen) atoms. The van der Waals surface area contributed by atoms with Crippen LogP contribution in [0.5, 0.6) is 11.5 Å². The van der Waals surface area contributed by atoms with E-state index in [1.54, 1.807) is 37.1 Å². The minimum atomic E-state index is -0.277. The molecule has 2 heterocycles. The van der Waals surface area contributed by atoms with Crippen molar-refractivity contribution in [3.63, 3.8) is 0 Å². The molecule has 1 amide bonds. The second-order valence-corrected chi connectivity index (χ2v) is 7.74. The molecule has 0 radical (unpaired) electrons. The van der Waals surface area contributed by atoms with Crippen molar-refractivity contribution in [1.29, 1.82) is 0 Å². The van der Waals surface area contributed by atoms with E-state index >= 15 is 0 Å². The molecular formula is C24H22N4O3S. The Morgan fingerprint density at radius 3 is 2.59 bits per heavy atom. The summed E-state index contributed by atoms with van der Waals surface area (Å²) in [4.78, 5) is 17.3. The van der Waals surface area contributed by atoms with E-state index in [1.807, 2.05) is 54.8 Å². The fourth-order valence-corrected chi connectivity index (χ4v) is 3.93. The SMILES string of the molecule is COc1ccc(/C=C/C(=O)Nc2cc(C)nn2-c2nc(-c3ccccc3)cs2)cc1OC. The summed E-state index contributed by atoms with van der Waals surface area (Å²) in [7, 11) is 3.15. The number of nitrogens with one attached hydrogen (secondary N) is 1. The summed E-state index contributed by atoms with van der Waals surface area (Å²) in [6.45, 7) is 1.87. The minimum Gasteiger partial charge on any atom is -0.493 e. The van der Waals surface area contributed by atoms with Crippen LogP contribution in [0.3, 0.4) is 0 Å². The number of nitrogens with zero attached hydrogens (tertiary/aromatic N) is 3. The molecular weight excluding hydrogens is 424 g/mol. The smallest absolute Gasteiger partial charge is 0.249 e. The molecule has 0 saturated heterocycles. The molecule has 1 N–H and O–H groups in total. The first-order chi connectivity index (χ1) is 15.6. The summed E-state index contributed by atoms with van der Waals surface area (Å²) in [6.07, 6.45) is 3.17. The summed E-state index contributed by atoms with van der Waals surface area (Å²) >= 11 is 1.46. The van der Waals surface area contributed by atoms with Gasteiger partial charge < -0.3 is 14.8 Å². The first kappa shape index (κ1) is 21.3. The monoisotopic (exact) mass is 446 g/mol. The molecule has 8 heteroatoms. The van der Waals surface area contributed by atoms with Gasteiger partial charge in [0.2, 0.25) is 11.0 Å². The molecule has 162 valence electrons. The highest BCUT2D eigenvalue weighted by molar-refractivity contribution is 7.12. The fourth-order valence-electron chi connectivity index (χ4n) is 3.13. The highest BCUT2D eigenvalue weighted by Gasteiger charge is 2.14. The minimum absolute atomic E-state index is 0.277. The summed E-state index contributed by atoms with van der Waals surface area (Å²) < 4.78 is 12.2.